The van der Waals surface area contributed by atoms with Crippen molar-refractivity contribution < 1.29 is 4.79 Å². The van der Waals surface area contributed by atoms with Gasteiger partial charge in [-0.2, -0.15) is 0 Å². The third-order valence-corrected chi connectivity index (χ3v) is 4.87. The number of aromatic amines is 1. The minimum atomic E-state index is 0.755. The second-order valence-corrected chi connectivity index (χ2v) is 6.26. The molecule has 0 radical (unpaired) electrons. The van der Waals surface area contributed by atoms with Crippen molar-refractivity contribution in [2.75, 3.05) is 7.05 Å². The number of thioether (sulfide) groups is 1. The summed E-state index contributed by atoms with van der Waals surface area (Å²) in [6.45, 7) is 2.06. The number of hydrogen-bond acceptors (Lipinski definition) is 4. The Morgan fingerprint density at radius 3 is 3.05 bits per heavy atom. The number of aromatic nitrogens is 1. The molecule has 2 rings (SSSR count). The smallest absolute Gasteiger partial charge is 0.160 e. The normalized spacial score (nSPS) is 15.4. The number of carbonyl (C=O) groups excluding carboxylic acids is 1. The summed E-state index contributed by atoms with van der Waals surface area (Å²) in [4.78, 5) is 18.3. The van der Waals surface area contributed by atoms with Crippen molar-refractivity contribution in [2.45, 2.75) is 31.9 Å². The molecule has 0 fully saturated rings. The Kier molecular flexibility index (Phi) is 5.76. The monoisotopic (exact) mass is 321 g/mol. The molecule has 6 heteroatoms. The zero-order valence-electron chi connectivity index (χ0n) is 12.2. The molecule has 1 aromatic heterocycles. The highest BCUT2D eigenvalue weighted by molar-refractivity contribution is 8.13. The van der Waals surface area contributed by atoms with Crippen LogP contribution >= 0.6 is 24.0 Å². The van der Waals surface area contributed by atoms with Gasteiger partial charge in [0.25, 0.3) is 0 Å². The summed E-state index contributed by atoms with van der Waals surface area (Å²) in [5.74, 6) is 0.755. The van der Waals surface area contributed by atoms with Gasteiger partial charge < -0.3 is 10.3 Å². The number of nitrogens with one attached hydrogen (secondary N) is 2. The fourth-order valence-corrected chi connectivity index (χ4v) is 3.62. The van der Waals surface area contributed by atoms with Crippen molar-refractivity contribution in [3.8, 4) is 0 Å². The van der Waals surface area contributed by atoms with Crippen molar-refractivity contribution in [1.82, 2.24) is 10.3 Å². The Hall–Kier alpha value is -1.40. The molecule has 0 unspecified atom stereocenters. The average molecular weight is 321 g/mol. The highest BCUT2D eigenvalue weighted by atomic mass is 32.2. The molecule has 0 aromatic carbocycles. The maximum absolute atomic E-state index is 11.0. The molecule has 0 saturated carbocycles. The topological polar surface area (TPSA) is 57.2 Å². The molecule has 0 spiro atoms. The molecule has 112 valence electrons. The van der Waals surface area contributed by atoms with Crippen molar-refractivity contribution >= 4 is 35.4 Å². The van der Waals surface area contributed by atoms with Gasteiger partial charge in [0.2, 0.25) is 0 Å². The van der Waals surface area contributed by atoms with Crippen LogP contribution in [0.15, 0.2) is 28.5 Å². The van der Waals surface area contributed by atoms with Crippen LogP contribution in [0.5, 0.6) is 0 Å². The zero-order chi connectivity index (χ0) is 15.2. The molecule has 0 aliphatic heterocycles. The number of H-pyrrole nitrogens is 1. The molecular weight excluding hydrogens is 302 g/mol. The van der Waals surface area contributed by atoms with Crippen LogP contribution in [0, 0.1) is 11.6 Å². The lowest BCUT2D eigenvalue weighted by Gasteiger charge is -2.11. The summed E-state index contributed by atoms with van der Waals surface area (Å²) in [7, 11) is 1.75. The molecule has 2 N–H and O–H groups in total. The molecule has 1 aliphatic carbocycles. The van der Waals surface area contributed by atoms with Gasteiger partial charge in [0, 0.05) is 35.8 Å². The van der Waals surface area contributed by atoms with E-state index in [0.717, 1.165) is 57.9 Å². The molecule has 0 saturated heterocycles. The van der Waals surface area contributed by atoms with Gasteiger partial charge in [0.1, 0.15) is 10.9 Å². The lowest BCUT2D eigenvalue weighted by atomic mass is 10.2. The van der Waals surface area contributed by atoms with E-state index in [-0.39, 0.29) is 0 Å². The fraction of sp³-hybridized carbons (Fsp3) is 0.400. The SMILES string of the molecule is CN=C(NC1=C(C=O)CCC1)SCc1c(C)cc[nH]c1=S. The Bertz CT molecular complexity index is 647. The van der Waals surface area contributed by atoms with Gasteiger partial charge in [-0.3, -0.25) is 9.79 Å². The maximum atomic E-state index is 11.0. The summed E-state index contributed by atoms with van der Waals surface area (Å²) in [6.07, 6.45) is 5.61. The summed E-state index contributed by atoms with van der Waals surface area (Å²) in [6, 6.07) is 2.02. The first-order valence-electron chi connectivity index (χ1n) is 6.86. The van der Waals surface area contributed by atoms with Crippen LogP contribution in [-0.2, 0) is 10.5 Å². The maximum Gasteiger partial charge on any atom is 0.160 e. The molecule has 0 atom stereocenters. The highest BCUT2D eigenvalue weighted by Crippen LogP contribution is 2.24. The van der Waals surface area contributed by atoms with E-state index in [1.807, 2.05) is 12.3 Å². The number of hydrogen-bond donors (Lipinski definition) is 2. The fourth-order valence-electron chi connectivity index (χ4n) is 2.25. The van der Waals surface area contributed by atoms with Crippen molar-refractivity contribution in [2.24, 2.45) is 4.99 Å². The van der Waals surface area contributed by atoms with E-state index in [4.69, 9.17) is 12.2 Å². The lowest BCUT2D eigenvalue weighted by molar-refractivity contribution is -0.105. The predicted molar refractivity (Wildman–Crippen MR) is 91.1 cm³/mol. The zero-order valence-corrected chi connectivity index (χ0v) is 13.9. The number of rotatable bonds is 4. The van der Waals surface area contributed by atoms with E-state index < -0.39 is 0 Å². The average Bonchev–Trinajstić information content (AvgIpc) is 2.92. The van der Waals surface area contributed by atoms with Crippen LogP contribution in [0.25, 0.3) is 0 Å². The van der Waals surface area contributed by atoms with Crippen LogP contribution in [0.3, 0.4) is 0 Å². The summed E-state index contributed by atoms with van der Waals surface area (Å²) in [5, 5.41) is 4.12. The van der Waals surface area contributed by atoms with Crippen molar-refractivity contribution in [1.29, 1.82) is 0 Å². The largest absolute Gasteiger partial charge is 0.353 e. The third kappa shape index (κ3) is 4.04. The van der Waals surface area contributed by atoms with Crippen LogP contribution in [0.2, 0.25) is 0 Å². The Balaban J connectivity index is 2.04. The minimum Gasteiger partial charge on any atom is -0.353 e. The summed E-state index contributed by atoms with van der Waals surface area (Å²) in [5.41, 5.74) is 4.17. The Morgan fingerprint density at radius 2 is 2.38 bits per heavy atom. The second kappa shape index (κ2) is 7.56. The summed E-state index contributed by atoms with van der Waals surface area (Å²) < 4.78 is 0.770. The van der Waals surface area contributed by atoms with Crippen LogP contribution in [0.4, 0.5) is 0 Å². The molecule has 1 heterocycles. The highest BCUT2D eigenvalue weighted by Gasteiger charge is 2.15. The number of aldehydes is 1. The first-order valence-corrected chi connectivity index (χ1v) is 8.26. The number of carbonyl (C=O) groups is 1. The lowest BCUT2D eigenvalue weighted by Crippen LogP contribution is -2.20. The molecule has 21 heavy (non-hydrogen) atoms. The van der Waals surface area contributed by atoms with E-state index in [0.29, 0.717) is 0 Å². The first-order chi connectivity index (χ1) is 10.2. The minimum absolute atomic E-state index is 0.755. The number of amidine groups is 1. The third-order valence-electron chi connectivity index (χ3n) is 3.51. The van der Waals surface area contributed by atoms with Crippen molar-refractivity contribution in [3.63, 3.8) is 0 Å². The molecule has 1 aromatic rings. The molecule has 0 amide bonds. The number of pyridine rings is 1. The van der Waals surface area contributed by atoms with Gasteiger partial charge in [0.05, 0.1) is 0 Å². The molecular formula is C15H19N3OS2. The number of aliphatic imine (C=N–C) groups is 1. The van der Waals surface area contributed by atoms with Gasteiger partial charge in [0.15, 0.2) is 5.17 Å². The Labute approximate surface area is 134 Å². The molecule has 1 aliphatic rings. The first kappa shape index (κ1) is 16.0. The quantitative estimate of drug-likeness (QED) is 0.386. The molecule has 0 bridgehead atoms. The predicted octanol–water partition coefficient (Wildman–Crippen LogP) is 3.50. The van der Waals surface area contributed by atoms with E-state index in [1.54, 1.807) is 18.8 Å². The van der Waals surface area contributed by atoms with Crippen LogP contribution in [0.1, 0.15) is 30.4 Å². The van der Waals surface area contributed by atoms with E-state index in [2.05, 4.69) is 22.2 Å². The van der Waals surface area contributed by atoms with Gasteiger partial charge in [-0.15, -0.1) is 0 Å². The Morgan fingerprint density at radius 1 is 1.57 bits per heavy atom. The van der Waals surface area contributed by atoms with Gasteiger partial charge in [-0.1, -0.05) is 24.0 Å². The number of nitrogens with zero attached hydrogens (tertiary/aromatic N) is 1. The second-order valence-electron chi connectivity index (χ2n) is 4.89. The van der Waals surface area contributed by atoms with Crippen LogP contribution in [-0.4, -0.2) is 23.5 Å². The van der Waals surface area contributed by atoms with E-state index in [9.17, 15) is 4.79 Å². The van der Waals surface area contributed by atoms with Gasteiger partial charge in [-0.05, 0) is 37.8 Å². The number of allylic oxidation sites excluding steroid dienone is 2. The van der Waals surface area contributed by atoms with E-state index >= 15 is 0 Å². The van der Waals surface area contributed by atoms with Crippen LogP contribution < -0.4 is 5.32 Å². The summed E-state index contributed by atoms with van der Waals surface area (Å²) >= 11 is 6.93. The van der Waals surface area contributed by atoms with Gasteiger partial charge in [-0.25, -0.2) is 0 Å². The molecule has 4 nitrogen and oxygen atoms in total. The standard InChI is InChI=1S/C15H19N3OS2/c1-10-6-7-17-14(20)12(10)9-21-15(16-2)18-13-5-3-4-11(13)8-19/h6-8H,3-5,9H2,1-2H3,(H,16,18)(H,17,20). The van der Waals surface area contributed by atoms with Gasteiger partial charge >= 0.3 is 0 Å². The van der Waals surface area contributed by atoms with E-state index in [1.165, 1.54) is 5.56 Å². The van der Waals surface area contributed by atoms with Crippen molar-refractivity contribution in [3.05, 3.63) is 39.3 Å². The number of aryl methyl sites for hydroxylation is 1.